The Hall–Kier alpha value is -2.34. The van der Waals surface area contributed by atoms with Gasteiger partial charge in [-0.1, -0.05) is 24.3 Å². The zero-order valence-corrected chi connectivity index (χ0v) is 16.5. The standard InChI is InChI=1S/C21H31N5O/c1-3-22-21(25(2)13-14-27-17-18-9-10-18)23-15-19-7-4-5-8-20(19)16-26-12-6-11-24-26/h4-8,11-12,18H,3,9-10,13-17H2,1-2H3,(H,22,23). The minimum Gasteiger partial charge on any atom is -0.379 e. The van der Waals surface area contributed by atoms with E-state index in [4.69, 9.17) is 9.73 Å². The predicted molar refractivity (Wildman–Crippen MR) is 109 cm³/mol. The van der Waals surface area contributed by atoms with E-state index < -0.39 is 0 Å². The smallest absolute Gasteiger partial charge is 0.194 e. The van der Waals surface area contributed by atoms with Gasteiger partial charge in [-0.25, -0.2) is 4.99 Å². The molecule has 1 heterocycles. The second-order valence-corrected chi connectivity index (χ2v) is 7.08. The van der Waals surface area contributed by atoms with Crippen molar-refractivity contribution in [1.29, 1.82) is 0 Å². The van der Waals surface area contributed by atoms with Crippen LogP contribution in [0.2, 0.25) is 0 Å². The van der Waals surface area contributed by atoms with Gasteiger partial charge in [-0.15, -0.1) is 0 Å². The fourth-order valence-electron chi connectivity index (χ4n) is 2.91. The van der Waals surface area contributed by atoms with E-state index >= 15 is 0 Å². The Balaban J connectivity index is 1.58. The summed E-state index contributed by atoms with van der Waals surface area (Å²) >= 11 is 0. The summed E-state index contributed by atoms with van der Waals surface area (Å²) in [5, 5.41) is 7.69. The van der Waals surface area contributed by atoms with Crippen molar-refractivity contribution in [3.8, 4) is 0 Å². The molecule has 1 saturated carbocycles. The van der Waals surface area contributed by atoms with Gasteiger partial charge in [0.15, 0.2) is 5.96 Å². The Labute approximate surface area is 162 Å². The molecule has 2 aromatic rings. The van der Waals surface area contributed by atoms with E-state index in [2.05, 4.69) is 53.6 Å². The third-order valence-corrected chi connectivity index (χ3v) is 4.73. The average Bonchev–Trinajstić information content (AvgIpc) is 3.37. The number of nitrogens with one attached hydrogen (secondary N) is 1. The number of benzene rings is 1. The van der Waals surface area contributed by atoms with Gasteiger partial charge in [0, 0.05) is 39.1 Å². The second-order valence-electron chi connectivity index (χ2n) is 7.08. The maximum Gasteiger partial charge on any atom is 0.194 e. The number of aromatic nitrogens is 2. The topological polar surface area (TPSA) is 54.7 Å². The summed E-state index contributed by atoms with van der Waals surface area (Å²) in [4.78, 5) is 6.99. The number of nitrogens with zero attached hydrogens (tertiary/aromatic N) is 4. The fourth-order valence-corrected chi connectivity index (χ4v) is 2.91. The number of guanidine groups is 1. The average molecular weight is 370 g/mol. The van der Waals surface area contributed by atoms with Gasteiger partial charge in [0.05, 0.1) is 19.7 Å². The Bertz CT molecular complexity index is 709. The summed E-state index contributed by atoms with van der Waals surface area (Å²) in [5.74, 6) is 1.73. The highest BCUT2D eigenvalue weighted by atomic mass is 16.5. The predicted octanol–water partition coefficient (Wildman–Crippen LogP) is 2.76. The van der Waals surface area contributed by atoms with Crippen LogP contribution in [0.15, 0.2) is 47.7 Å². The van der Waals surface area contributed by atoms with Crippen molar-refractivity contribution in [2.75, 3.05) is 33.4 Å². The van der Waals surface area contributed by atoms with Crippen LogP contribution in [0.4, 0.5) is 0 Å². The van der Waals surface area contributed by atoms with Gasteiger partial charge in [0.1, 0.15) is 0 Å². The molecule has 0 unspecified atom stereocenters. The lowest BCUT2D eigenvalue weighted by Gasteiger charge is -2.22. The zero-order chi connectivity index (χ0) is 18.9. The molecule has 3 rings (SSSR count). The van der Waals surface area contributed by atoms with Gasteiger partial charge in [-0.2, -0.15) is 5.10 Å². The van der Waals surface area contributed by atoms with E-state index in [1.165, 1.54) is 24.0 Å². The van der Waals surface area contributed by atoms with E-state index in [-0.39, 0.29) is 0 Å². The molecule has 0 aliphatic heterocycles. The Kier molecular flexibility index (Phi) is 7.27. The highest BCUT2D eigenvalue weighted by Gasteiger charge is 2.21. The van der Waals surface area contributed by atoms with Crippen LogP contribution >= 0.6 is 0 Å². The van der Waals surface area contributed by atoms with Crippen molar-refractivity contribution in [2.24, 2.45) is 10.9 Å². The van der Waals surface area contributed by atoms with Crippen LogP contribution in [0.1, 0.15) is 30.9 Å². The van der Waals surface area contributed by atoms with Crippen LogP contribution in [0, 0.1) is 5.92 Å². The van der Waals surface area contributed by atoms with Crippen LogP contribution in [-0.2, 0) is 17.8 Å². The molecule has 0 atom stereocenters. The van der Waals surface area contributed by atoms with Crippen LogP contribution < -0.4 is 5.32 Å². The normalized spacial score (nSPS) is 14.4. The van der Waals surface area contributed by atoms with Gasteiger partial charge >= 0.3 is 0 Å². The first-order valence-corrected chi connectivity index (χ1v) is 9.87. The molecule has 0 amide bonds. The molecule has 0 radical (unpaired) electrons. The van der Waals surface area contributed by atoms with E-state index in [9.17, 15) is 0 Å². The molecule has 0 bridgehead atoms. The lowest BCUT2D eigenvalue weighted by atomic mass is 10.1. The molecule has 0 spiro atoms. The van der Waals surface area contributed by atoms with Crippen LogP contribution in [-0.4, -0.2) is 54.0 Å². The van der Waals surface area contributed by atoms with Crippen LogP contribution in [0.3, 0.4) is 0 Å². The number of ether oxygens (including phenoxy) is 1. The maximum absolute atomic E-state index is 5.76. The summed E-state index contributed by atoms with van der Waals surface area (Å²) in [6.07, 6.45) is 6.46. The number of hydrogen-bond donors (Lipinski definition) is 1. The van der Waals surface area contributed by atoms with E-state index in [1.807, 2.05) is 23.1 Å². The molecule has 6 heteroatoms. The summed E-state index contributed by atoms with van der Waals surface area (Å²) in [5.41, 5.74) is 2.47. The summed E-state index contributed by atoms with van der Waals surface area (Å²) in [6.45, 7) is 6.84. The quantitative estimate of drug-likeness (QED) is 0.397. The van der Waals surface area contributed by atoms with Crippen molar-refractivity contribution in [3.05, 3.63) is 53.9 Å². The fraction of sp³-hybridized carbons (Fsp3) is 0.524. The highest BCUT2D eigenvalue weighted by molar-refractivity contribution is 5.79. The summed E-state index contributed by atoms with van der Waals surface area (Å²) < 4.78 is 7.70. The second kappa shape index (κ2) is 10.1. The number of rotatable bonds is 10. The van der Waals surface area contributed by atoms with Crippen molar-refractivity contribution in [3.63, 3.8) is 0 Å². The van der Waals surface area contributed by atoms with Gasteiger partial charge in [0.25, 0.3) is 0 Å². The molecule has 1 aliphatic rings. The van der Waals surface area contributed by atoms with Gasteiger partial charge in [0.2, 0.25) is 0 Å². The lowest BCUT2D eigenvalue weighted by molar-refractivity contribution is 0.115. The molecular weight excluding hydrogens is 338 g/mol. The summed E-state index contributed by atoms with van der Waals surface area (Å²) in [7, 11) is 2.07. The van der Waals surface area contributed by atoms with E-state index in [1.54, 1.807) is 0 Å². The molecule has 1 fully saturated rings. The van der Waals surface area contributed by atoms with Gasteiger partial charge in [-0.3, -0.25) is 4.68 Å². The first-order valence-electron chi connectivity index (χ1n) is 9.87. The molecule has 146 valence electrons. The van der Waals surface area contributed by atoms with Crippen molar-refractivity contribution in [1.82, 2.24) is 20.0 Å². The molecule has 0 saturated heterocycles. The zero-order valence-electron chi connectivity index (χ0n) is 16.5. The van der Waals surface area contributed by atoms with Gasteiger partial charge in [-0.05, 0) is 42.9 Å². The number of hydrogen-bond acceptors (Lipinski definition) is 3. The molecule has 1 aliphatic carbocycles. The van der Waals surface area contributed by atoms with Crippen molar-refractivity contribution < 1.29 is 4.74 Å². The van der Waals surface area contributed by atoms with E-state index in [0.29, 0.717) is 6.54 Å². The number of likely N-dealkylation sites (N-methyl/N-ethyl adjacent to an activating group) is 1. The Morgan fingerprint density at radius 1 is 1.30 bits per heavy atom. The van der Waals surface area contributed by atoms with Crippen molar-refractivity contribution in [2.45, 2.75) is 32.9 Å². The van der Waals surface area contributed by atoms with Crippen molar-refractivity contribution >= 4 is 5.96 Å². The highest BCUT2D eigenvalue weighted by Crippen LogP contribution is 2.28. The monoisotopic (exact) mass is 369 g/mol. The SMILES string of the molecule is CCNC(=NCc1ccccc1Cn1cccn1)N(C)CCOCC1CC1. The third kappa shape index (κ3) is 6.40. The molecule has 27 heavy (non-hydrogen) atoms. The lowest BCUT2D eigenvalue weighted by Crippen LogP contribution is -2.40. The van der Waals surface area contributed by atoms with Gasteiger partial charge < -0.3 is 15.0 Å². The Morgan fingerprint density at radius 3 is 2.81 bits per heavy atom. The number of aliphatic imine (C=N–C) groups is 1. The molecular formula is C21H31N5O. The molecule has 1 aromatic carbocycles. The molecule has 1 N–H and O–H groups in total. The first kappa shape index (κ1) is 19.4. The van der Waals surface area contributed by atoms with Crippen LogP contribution in [0.5, 0.6) is 0 Å². The Morgan fingerprint density at radius 2 is 2.11 bits per heavy atom. The van der Waals surface area contributed by atoms with Crippen LogP contribution in [0.25, 0.3) is 0 Å². The first-order chi connectivity index (χ1) is 13.3. The summed E-state index contributed by atoms with van der Waals surface area (Å²) in [6, 6.07) is 10.4. The third-order valence-electron chi connectivity index (χ3n) is 4.73. The largest absolute Gasteiger partial charge is 0.379 e. The molecule has 6 nitrogen and oxygen atoms in total. The minimum atomic E-state index is 0.646. The van der Waals surface area contributed by atoms with E-state index in [0.717, 1.165) is 44.7 Å². The molecule has 1 aromatic heterocycles. The maximum atomic E-state index is 5.76. The minimum absolute atomic E-state index is 0.646.